The number of halogens is 1. The number of benzene rings is 3. The summed E-state index contributed by atoms with van der Waals surface area (Å²) in [5.41, 5.74) is 5.44. The number of hydrogen-bond donors (Lipinski definition) is 3. The Labute approximate surface area is 208 Å². The molecule has 0 aromatic heterocycles. The monoisotopic (exact) mass is 492 g/mol. The first-order valence-corrected chi connectivity index (χ1v) is 11.2. The van der Waals surface area contributed by atoms with Gasteiger partial charge in [-0.1, -0.05) is 48.0 Å². The van der Waals surface area contributed by atoms with Crippen LogP contribution in [0.4, 0.5) is 5.69 Å². The van der Waals surface area contributed by atoms with E-state index in [4.69, 9.17) is 16.3 Å². The van der Waals surface area contributed by atoms with Gasteiger partial charge in [-0.25, -0.2) is 5.43 Å². The van der Waals surface area contributed by atoms with Crippen molar-refractivity contribution in [1.82, 2.24) is 10.7 Å². The van der Waals surface area contributed by atoms with Crippen molar-refractivity contribution in [3.8, 4) is 5.75 Å². The Morgan fingerprint density at radius 1 is 0.971 bits per heavy atom. The number of ether oxygens (including phenoxy) is 1. The Bertz CT molecular complexity index is 1200. The maximum atomic E-state index is 12.1. The highest BCUT2D eigenvalue weighted by molar-refractivity contribution is 6.35. The highest BCUT2D eigenvalue weighted by Gasteiger charge is 2.11. The third-order valence-corrected chi connectivity index (χ3v) is 5.09. The van der Waals surface area contributed by atoms with Crippen LogP contribution in [0.2, 0.25) is 5.02 Å². The van der Waals surface area contributed by atoms with E-state index in [1.165, 1.54) is 6.21 Å². The minimum absolute atomic E-state index is 0.172. The molecule has 0 atom stereocenters. The number of aryl methyl sites for hydroxylation is 1. The first kappa shape index (κ1) is 25.5. The molecule has 3 N–H and O–H groups in total. The third-order valence-electron chi connectivity index (χ3n) is 4.85. The maximum absolute atomic E-state index is 12.1. The van der Waals surface area contributed by atoms with Gasteiger partial charge in [0.25, 0.3) is 5.91 Å². The van der Waals surface area contributed by atoms with E-state index >= 15 is 0 Å². The van der Waals surface area contributed by atoms with E-state index < -0.39 is 11.8 Å². The number of carbonyl (C=O) groups is 3. The average molecular weight is 493 g/mol. The first-order chi connectivity index (χ1) is 16.9. The second-order valence-electron chi connectivity index (χ2n) is 7.56. The van der Waals surface area contributed by atoms with Gasteiger partial charge < -0.3 is 15.4 Å². The Morgan fingerprint density at radius 3 is 2.46 bits per heavy atom. The van der Waals surface area contributed by atoms with Crippen molar-refractivity contribution < 1.29 is 19.1 Å². The van der Waals surface area contributed by atoms with Gasteiger partial charge in [0.15, 0.2) is 6.61 Å². The molecule has 0 radical (unpaired) electrons. The predicted octanol–water partition coefficient (Wildman–Crippen LogP) is 3.47. The molecule has 0 saturated carbocycles. The Hall–Kier alpha value is -4.17. The number of hydrazone groups is 1. The summed E-state index contributed by atoms with van der Waals surface area (Å²) in [6.07, 6.45) is 2.02. The topological polar surface area (TPSA) is 109 Å². The summed E-state index contributed by atoms with van der Waals surface area (Å²) in [4.78, 5) is 35.8. The summed E-state index contributed by atoms with van der Waals surface area (Å²) >= 11 is 5.96. The van der Waals surface area contributed by atoms with E-state index in [1.54, 1.807) is 36.4 Å². The molecule has 3 aromatic carbocycles. The van der Waals surface area contributed by atoms with Crippen molar-refractivity contribution in [2.75, 3.05) is 18.5 Å². The molecular weight excluding hydrogens is 468 g/mol. The van der Waals surface area contributed by atoms with E-state index in [1.807, 2.05) is 43.3 Å². The molecule has 0 unspecified atom stereocenters. The molecule has 9 heteroatoms. The Kier molecular flexibility index (Phi) is 9.39. The molecule has 8 nitrogen and oxygen atoms in total. The van der Waals surface area contributed by atoms with E-state index in [0.29, 0.717) is 35.0 Å². The Balaban J connectivity index is 1.38. The van der Waals surface area contributed by atoms with Gasteiger partial charge in [0.1, 0.15) is 5.75 Å². The molecule has 3 rings (SSSR count). The van der Waals surface area contributed by atoms with Crippen LogP contribution in [-0.4, -0.2) is 37.1 Å². The zero-order chi connectivity index (χ0) is 25.0. The van der Waals surface area contributed by atoms with Crippen LogP contribution in [-0.2, 0) is 20.8 Å². The molecule has 3 aromatic rings. The van der Waals surface area contributed by atoms with E-state index in [-0.39, 0.29) is 12.5 Å². The number of nitrogens with zero attached hydrogens (tertiary/aromatic N) is 1. The number of nitrogens with one attached hydrogen (secondary N) is 3. The largest absolute Gasteiger partial charge is 0.484 e. The number of anilines is 1. The fourth-order valence-corrected chi connectivity index (χ4v) is 3.15. The van der Waals surface area contributed by atoms with Crippen LogP contribution in [0, 0.1) is 6.92 Å². The van der Waals surface area contributed by atoms with Crippen LogP contribution in [0.3, 0.4) is 0 Å². The fraction of sp³-hybridized carbons (Fsp3) is 0.154. The lowest BCUT2D eigenvalue weighted by Gasteiger charge is -2.10. The quantitative estimate of drug-likeness (QED) is 0.241. The minimum atomic E-state index is -0.852. The van der Waals surface area contributed by atoms with Crippen molar-refractivity contribution in [2.45, 2.75) is 13.3 Å². The van der Waals surface area contributed by atoms with Crippen LogP contribution >= 0.6 is 11.6 Å². The van der Waals surface area contributed by atoms with Gasteiger partial charge in [0, 0.05) is 17.3 Å². The minimum Gasteiger partial charge on any atom is -0.484 e. The number of carbonyl (C=O) groups excluding carboxylic acids is 3. The second-order valence-corrected chi connectivity index (χ2v) is 7.99. The van der Waals surface area contributed by atoms with E-state index in [9.17, 15) is 14.4 Å². The van der Waals surface area contributed by atoms with Crippen molar-refractivity contribution in [2.24, 2.45) is 5.10 Å². The molecule has 0 aliphatic carbocycles. The predicted molar refractivity (Wildman–Crippen MR) is 136 cm³/mol. The van der Waals surface area contributed by atoms with Gasteiger partial charge in [-0.05, 0) is 66.4 Å². The van der Waals surface area contributed by atoms with Gasteiger partial charge in [-0.3, -0.25) is 14.4 Å². The zero-order valence-electron chi connectivity index (χ0n) is 19.1. The standard InChI is InChI=1S/C26H25ClN4O4/c1-18-7-10-21(27)15-23(18)30-24(32)17-35-22-11-8-20(9-12-22)16-29-31-26(34)25(33)28-14-13-19-5-3-2-4-6-19/h2-12,15-16H,13-14,17H2,1H3,(H,28,33)(H,30,32)(H,31,34)/b29-16-. The summed E-state index contributed by atoms with van der Waals surface area (Å²) in [6.45, 7) is 2.04. The molecule has 0 saturated heterocycles. The first-order valence-electron chi connectivity index (χ1n) is 10.8. The van der Waals surface area contributed by atoms with Crippen LogP contribution < -0.4 is 20.8 Å². The smallest absolute Gasteiger partial charge is 0.329 e. The fourth-order valence-electron chi connectivity index (χ4n) is 2.98. The lowest BCUT2D eigenvalue weighted by molar-refractivity contribution is -0.139. The van der Waals surface area contributed by atoms with Gasteiger partial charge in [0.05, 0.1) is 6.21 Å². The third kappa shape index (κ3) is 8.60. The van der Waals surface area contributed by atoms with Crippen molar-refractivity contribution in [3.63, 3.8) is 0 Å². The molecule has 0 aliphatic heterocycles. The molecule has 35 heavy (non-hydrogen) atoms. The van der Waals surface area contributed by atoms with Crippen LogP contribution in [0.5, 0.6) is 5.75 Å². The highest BCUT2D eigenvalue weighted by atomic mass is 35.5. The molecule has 0 bridgehead atoms. The zero-order valence-corrected chi connectivity index (χ0v) is 19.8. The van der Waals surface area contributed by atoms with Crippen molar-refractivity contribution >= 4 is 41.2 Å². The average Bonchev–Trinajstić information content (AvgIpc) is 2.86. The molecule has 3 amide bonds. The van der Waals surface area contributed by atoms with Gasteiger partial charge in [-0.2, -0.15) is 5.10 Å². The molecular formula is C26H25ClN4O4. The number of rotatable bonds is 9. The SMILES string of the molecule is Cc1ccc(Cl)cc1NC(=O)COc1ccc(/C=N\NC(=O)C(=O)NCCc2ccccc2)cc1. The van der Waals surface area contributed by atoms with E-state index in [2.05, 4.69) is 21.2 Å². The normalized spacial score (nSPS) is 10.6. The molecule has 0 heterocycles. The highest BCUT2D eigenvalue weighted by Crippen LogP contribution is 2.20. The summed E-state index contributed by atoms with van der Waals surface area (Å²) < 4.78 is 5.50. The van der Waals surface area contributed by atoms with Gasteiger partial charge in [0.2, 0.25) is 0 Å². The second kappa shape index (κ2) is 12.9. The number of hydrogen-bond acceptors (Lipinski definition) is 5. The van der Waals surface area contributed by atoms with Crippen molar-refractivity contribution in [1.29, 1.82) is 0 Å². The lowest BCUT2D eigenvalue weighted by atomic mass is 10.1. The summed E-state index contributed by atoms with van der Waals surface area (Å²) in [5, 5.41) is 9.63. The maximum Gasteiger partial charge on any atom is 0.329 e. The molecule has 0 spiro atoms. The molecule has 180 valence electrons. The van der Waals surface area contributed by atoms with Crippen molar-refractivity contribution in [3.05, 3.63) is 94.5 Å². The molecule has 0 aliphatic rings. The van der Waals surface area contributed by atoms with Crippen LogP contribution in [0.25, 0.3) is 0 Å². The lowest BCUT2D eigenvalue weighted by Crippen LogP contribution is -2.38. The van der Waals surface area contributed by atoms with Crippen LogP contribution in [0.15, 0.2) is 77.9 Å². The summed E-state index contributed by atoms with van der Waals surface area (Å²) in [7, 11) is 0. The summed E-state index contributed by atoms with van der Waals surface area (Å²) in [6, 6.07) is 21.6. The van der Waals surface area contributed by atoms with Crippen LogP contribution in [0.1, 0.15) is 16.7 Å². The van der Waals surface area contributed by atoms with Gasteiger partial charge >= 0.3 is 11.8 Å². The van der Waals surface area contributed by atoms with E-state index in [0.717, 1.165) is 11.1 Å². The molecule has 0 fully saturated rings. The summed E-state index contributed by atoms with van der Waals surface area (Å²) in [5.74, 6) is -1.43. The Morgan fingerprint density at radius 2 is 1.71 bits per heavy atom. The number of amides is 3. The van der Waals surface area contributed by atoms with Gasteiger partial charge in [-0.15, -0.1) is 0 Å².